The van der Waals surface area contributed by atoms with E-state index in [2.05, 4.69) is 6.92 Å². The lowest BCUT2D eigenvalue weighted by molar-refractivity contribution is -0.150. The smallest absolute Gasteiger partial charge is 0.226 e. The van der Waals surface area contributed by atoms with Crippen molar-refractivity contribution in [2.24, 2.45) is 23.5 Å². The molecule has 3 fully saturated rings. The highest BCUT2D eigenvalue weighted by Crippen LogP contribution is 2.41. The van der Waals surface area contributed by atoms with Gasteiger partial charge in [-0.3, -0.25) is 4.79 Å². The van der Waals surface area contributed by atoms with E-state index in [0.29, 0.717) is 11.8 Å². The van der Waals surface area contributed by atoms with Crippen molar-refractivity contribution in [3.8, 4) is 0 Å². The number of piperidine rings is 1. The molecule has 3 rings (SSSR count). The maximum Gasteiger partial charge on any atom is 0.226 e. The third-order valence-electron chi connectivity index (χ3n) is 6.42. The highest BCUT2D eigenvalue weighted by atomic mass is 16.3. The van der Waals surface area contributed by atoms with Crippen LogP contribution in [-0.4, -0.2) is 40.6 Å². The van der Waals surface area contributed by atoms with E-state index in [1.54, 1.807) is 0 Å². The Morgan fingerprint density at radius 1 is 1.19 bits per heavy atom. The molecule has 4 nitrogen and oxygen atoms in total. The van der Waals surface area contributed by atoms with E-state index in [4.69, 9.17) is 5.73 Å². The molecule has 0 spiro atoms. The Morgan fingerprint density at radius 3 is 2.81 bits per heavy atom. The van der Waals surface area contributed by atoms with Crippen molar-refractivity contribution in [3.05, 3.63) is 0 Å². The molecule has 0 bridgehead atoms. The average molecular weight is 294 g/mol. The lowest BCUT2D eigenvalue weighted by atomic mass is 9.70. The number of likely N-dealkylation sites (tertiary alicyclic amines) is 1. The van der Waals surface area contributed by atoms with E-state index in [1.807, 2.05) is 4.90 Å². The van der Waals surface area contributed by atoms with Gasteiger partial charge >= 0.3 is 0 Å². The Hall–Kier alpha value is -0.610. The average Bonchev–Trinajstić information content (AvgIpc) is 2.48. The van der Waals surface area contributed by atoms with Crippen LogP contribution in [0.2, 0.25) is 0 Å². The molecule has 1 amide bonds. The van der Waals surface area contributed by atoms with Crippen molar-refractivity contribution >= 4 is 5.91 Å². The number of nitrogens with zero attached hydrogens (tertiary/aromatic N) is 1. The van der Waals surface area contributed by atoms with Crippen LogP contribution in [0, 0.1) is 17.8 Å². The van der Waals surface area contributed by atoms with Gasteiger partial charge in [-0.25, -0.2) is 0 Å². The first-order valence-corrected chi connectivity index (χ1v) is 8.78. The van der Waals surface area contributed by atoms with Crippen LogP contribution in [0.4, 0.5) is 0 Å². The van der Waals surface area contributed by atoms with Gasteiger partial charge in [0.2, 0.25) is 5.91 Å². The molecule has 2 saturated carbocycles. The summed E-state index contributed by atoms with van der Waals surface area (Å²) in [4.78, 5) is 14.9. The third-order valence-corrected chi connectivity index (χ3v) is 6.42. The van der Waals surface area contributed by atoms with E-state index < -0.39 is 5.60 Å². The zero-order chi connectivity index (χ0) is 15.0. The predicted molar refractivity (Wildman–Crippen MR) is 82.6 cm³/mol. The molecule has 5 atom stereocenters. The molecule has 0 aromatic heterocycles. The summed E-state index contributed by atoms with van der Waals surface area (Å²) in [6.07, 6.45) is 8.19. The minimum Gasteiger partial charge on any atom is -0.389 e. The second-order valence-electron chi connectivity index (χ2n) is 7.64. The third kappa shape index (κ3) is 2.85. The first-order chi connectivity index (χ1) is 10.0. The summed E-state index contributed by atoms with van der Waals surface area (Å²) in [7, 11) is 0. The van der Waals surface area contributed by atoms with E-state index >= 15 is 0 Å². The number of aliphatic hydroxyl groups is 1. The molecular formula is C17H30N2O2. The molecule has 1 heterocycles. The number of hydrogen-bond acceptors (Lipinski definition) is 3. The number of nitrogens with two attached hydrogens (primary N) is 1. The van der Waals surface area contributed by atoms with Gasteiger partial charge in [0, 0.05) is 31.0 Å². The highest BCUT2D eigenvalue weighted by molar-refractivity contribution is 5.79. The molecule has 4 heteroatoms. The number of rotatable bonds is 1. The largest absolute Gasteiger partial charge is 0.389 e. The van der Waals surface area contributed by atoms with E-state index in [9.17, 15) is 9.90 Å². The van der Waals surface area contributed by atoms with Gasteiger partial charge in [0.15, 0.2) is 0 Å². The zero-order valence-electron chi connectivity index (χ0n) is 13.3. The molecule has 2 aliphatic carbocycles. The van der Waals surface area contributed by atoms with Gasteiger partial charge in [-0.15, -0.1) is 0 Å². The second-order valence-corrected chi connectivity index (χ2v) is 7.64. The molecule has 1 aliphatic heterocycles. The maximum absolute atomic E-state index is 12.9. The molecule has 120 valence electrons. The van der Waals surface area contributed by atoms with Gasteiger partial charge < -0.3 is 15.7 Å². The second kappa shape index (κ2) is 5.88. The van der Waals surface area contributed by atoms with Crippen LogP contribution in [0.1, 0.15) is 58.3 Å². The molecule has 3 N–H and O–H groups in total. The fourth-order valence-electron chi connectivity index (χ4n) is 4.75. The van der Waals surface area contributed by atoms with Crippen LogP contribution in [0.25, 0.3) is 0 Å². The maximum atomic E-state index is 12.9. The highest BCUT2D eigenvalue weighted by Gasteiger charge is 2.45. The van der Waals surface area contributed by atoms with Crippen molar-refractivity contribution in [3.63, 3.8) is 0 Å². The van der Waals surface area contributed by atoms with Crippen molar-refractivity contribution in [2.75, 3.05) is 13.1 Å². The molecule has 5 unspecified atom stereocenters. The first kappa shape index (κ1) is 15.3. The molecule has 0 radical (unpaired) electrons. The Balaban J connectivity index is 1.66. The van der Waals surface area contributed by atoms with Crippen LogP contribution in [0.3, 0.4) is 0 Å². The minimum atomic E-state index is -0.496. The Bertz CT molecular complexity index is 400. The number of hydrogen-bond donors (Lipinski definition) is 2. The van der Waals surface area contributed by atoms with Crippen LogP contribution < -0.4 is 5.73 Å². The first-order valence-electron chi connectivity index (χ1n) is 8.78. The summed E-state index contributed by atoms with van der Waals surface area (Å²) in [5, 5.41) is 10.7. The molecule has 0 aromatic carbocycles. The summed E-state index contributed by atoms with van der Waals surface area (Å²) in [5.41, 5.74) is 5.66. The standard InChI is InChI=1S/C17H30N2O2/c1-12-14(6-4-7-15(12)18)16(20)19-10-9-17(21)8-3-2-5-13(17)11-19/h12-15,21H,2-11,18H2,1H3. The van der Waals surface area contributed by atoms with Gasteiger partial charge in [0.25, 0.3) is 0 Å². The zero-order valence-corrected chi connectivity index (χ0v) is 13.3. The molecule has 1 saturated heterocycles. The van der Waals surface area contributed by atoms with Gasteiger partial charge in [-0.2, -0.15) is 0 Å². The van der Waals surface area contributed by atoms with Crippen molar-refractivity contribution < 1.29 is 9.90 Å². The number of carbonyl (C=O) groups is 1. The van der Waals surface area contributed by atoms with Crippen LogP contribution in [0.15, 0.2) is 0 Å². The monoisotopic (exact) mass is 294 g/mol. The van der Waals surface area contributed by atoms with Crippen LogP contribution >= 0.6 is 0 Å². The molecule has 21 heavy (non-hydrogen) atoms. The van der Waals surface area contributed by atoms with Crippen LogP contribution in [-0.2, 0) is 4.79 Å². The Kier molecular flexibility index (Phi) is 4.28. The molecule has 0 aromatic rings. The fraction of sp³-hybridized carbons (Fsp3) is 0.941. The summed E-state index contributed by atoms with van der Waals surface area (Å²) in [5.74, 6) is 0.976. The molecular weight excluding hydrogens is 264 g/mol. The van der Waals surface area contributed by atoms with E-state index in [1.165, 1.54) is 6.42 Å². The van der Waals surface area contributed by atoms with E-state index in [-0.39, 0.29) is 17.9 Å². The summed E-state index contributed by atoms with van der Waals surface area (Å²) in [6, 6.07) is 0.170. The van der Waals surface area contributed by atoms with Crippen molar-refractivity contribution in [1.82, 2.24) is 4.90 Å². The topological polar surface area (TPSA) is 66.6 Å². The predicted octanol–water partition coefficient (Wildman–Crippen LogP) is 1.90. The fourth-order valence-corrected chi connectivity index (χ4v) is 4.75. The van der Waals surface area contributed by atoms with Gasteiger partial charge in [-0.1, -0.05) is 26.2 Å². The van der Waals surface area contributed by atoms with Gasteiger partial charge in [0.1, 0.15) is 0 Å². The lowest BCUT2D eigenvalue weighted by Gasteiger charge is -2.48. The van der Waals surface area contributed by atoms with Crippen molar-refractivity contribution in [1.29, 1.82) is 0 Å². The molecule has 3 aliphatic rings. The van der Waals surface area contributed by atoms with Crippen LogP contribution in [0.5, 0.6) is 0 Å². The lowest BCUT2D eigenvalue weighted by Crippen LogP contribution is -2.56. The Morgan fingerprint density at radius 2 is 2.00 bits per heavy atom. The normalized spacial score (nSPS) is 44.2. The van der Waals surface area contributed by atoms with Crippen molar-refractivity contribution in [2.45, 2.75) is 69.9 Å². The summed E-state index contributed by atoms with van der Waals surface area (Å²) in [6.45, 7) is 3.62. The Labute approximate surface area is 128 Å². The quantitative estimate of drug-likeness (QED) is 0.776. The van der Waals surface area contributed by atoms with E-state index in [0.717, 1.165) is 58.0 Å². The summed E-state index contributed by atoms with van der Waals surface area (Å²) >= 11 is 0. The minimum absolute atomic E-state index is 0.100. The number of carbonyl (C=O) groups excluding carboxylic acids is 1. The summed E-state index contributed by atoms with van der Waals surface area (Å²) < 4.78 is 0. The number of amides is 1. The SMILES string of the molecule is CC1C(N)CCCC1C(=O)N1CCC2(O)CCCCC2C1. The number of fused-ring (bicyclic) bond motifs is 1. The van der Waals surface area contributed by atoms with Gasteiger partial charge in [0.05, 0.1) is 5.60 Å². The van der Waals surface area contributed by atoms with Gasteiger partial charge in [-0.05, 0) is 38.0 Å².